The number of nitrogens with two attached hydrogens (primary N) is 1. The van der Waals surface area contributed by atoms with Crippen LogP contribution in [0.2, 0.25) is 0 Å². The molecule has 0 radical (unpaired) electrons. The minimum atomic E-state index is -3.73. The van der Waals surface area contributed by atoms with Crippen LogP contribution < -0.4 is 10.5 Å². The summed E-state index contributed by atoms with van der Waals surface area (Å²) in [4.78, 5) is 24.6. The van der Waals surface area contributed by atoms with Crippen LogP contribution >= 0.6 is 0 Å². The Morgan fingerprint density at radius 2 is 1.86 bits per heavy atom. The molecule has 10 heteroatoms. The van der Waals surface area contributed by atoms with Crippen LogP contribution in [0, 0.1) is 17.0 Å². The van der Waals surface area contributed by atoms with E-state index < -0.39 is 14.9 Å². The number of primary sulfonamides is 1. The lowest BCUT2D eigenvalue weighted by atomic mass is 10.1. The monoisotopic (exact) mass is 420 g/mol. The van der Waals surface area contributed by atoms with Crippen LogP contribution in [0.5, 0.6) is 0 Å². The summed E-state index contributed by atoms with van der Waals surface area (Å²) in [6.07, 6.45) is 0.229. The molecular formula is C19H24N4O5S. The summed E-state index contributed by atoms with van der Waals surface area (Å²) < 4.78 is 22.7. The number of non-ortho nitro benzene ring substituents is 1. The molecule has 1 amide bonds. The first-order valence-electron chi connectivity index (χ1n) is 8.87. The van der Waals surface area contributed by atoms with Gasteiger partial charge in [0.1, 0.15) is 0 Å². The number of nitro groups is 1. The van der Waals surface area contributed by atoms with Crippen molar-refractivity contribution < 1.29 is 18.1 Å². The van der Waals surface area contributed by atoms with E-state index in [1.165, 1.54) is 30.3 Å². The van der Waals surface area contributed by atoms with E-state index in [-0.39, 0.29) is 29.0 Å². The molecular weight excluding hydrogens is 396 g/mol. The van der Waals surface area contributed by atoms with E-state index in [0.29, 0.717) is 17.8 Å². The number of sulfonamides is 1. The van der Waals surface area contributed by atoms with E-state index in [2.05, 4.69) is 5.32 Å². The van der Waals surface area contributed by atoms with Gasteiger partial charge < -0.3 is 5.32 Å². The third-order valence-electron chi connectivity index (χ3n) is 4.74. The van der Waals surface area contributed by atoms with E-state index >= 15 is 0 Å². The standard InChI is InChI=1S/C19H24N4O5S/c1-13-12-16(23(25)26)6-9-18(13)21-19(24)10-11-22(3)14(2)15-4-7-17(8-5-15)29(20,27)28/h4-9,12,14H,10-11H2,1-3H3,(H,21,24)(H2,20,27,28). The molecule has 3 N–H and O–H groups in total. The maximum absolute atomic E-state index is 12.2. The number of anilines is 1. The summed E-state index contributed by atoms with van der Waals surface area (Å²) in [6.45, 7) is 4.11. The molecule has 2 rings (SSSR count). The molecule has 0 heterocycles. The van der Waals surface area contributed by atoms with Crippen LogP contribution in [0.1, 0.15) is 30.5 Å². The number of nitrogens with zero attached hydrogens (tertiary/aromatic N) is 2. The van der Waals surface area contributed by atoms with Crippen LogP contribution in [0.25, 0.3) is 0 Å². The largest absolute Gasteiger partial charge is 0.326 e. The van der Waals surface area contributed by atoms with Crippen molar-refractivity contribution >= 4 is 27.3 Å². The lowest BCUT2D eigenvalue weighted by molar-refractivity contribution is -0.384. The number of nitrogens with one attached hydrogen (secondary N) is 1. The first-order valence-corrected chi connectivity index (χ1v) is 10.4. The van der Waals surface area contributed by atoms with Crippen molar-refractivity contribution in [2.75, 3.05) is 18.9 Å². The highest BCUT2D eigenvalue weighted by molar-refractivity contribution is 7.89. The van der Waals surface area contributed by atoms with E-state index in [1.807, 2.05) is 18.9 Å². The fraction of sp³-hybridized carbons (Fsp3) is 0.316. The molecule has 1 unspecified atom stereocenters. The van der Waals surface area contributed by atoms with Crippen LogP contribution in [-0.2, 0) is 14.8 Å². The second-order valence-corrected chi connectivity index (χ2v) is 8.39. The molecule has 1 atom stereocenters. The fourth-order valence-corrected chi connectivity index (χ4v) is 3.29. The minimum absolute atomic E-state index is 0.0255. The van der Waals surface area contributed by atoms with Gasteiger partial charge in [-0.3, -0.25) is 19.8 Å². The van der Waals surface area contributed by atoms with Gasteiger partial charge in [-0.25, -0.2) is 13.6 Å². The van der Waals surface area contributed by atoms with Gasteiger partial charge in [-0.05, 0) is 50.2 Å². The van der Waals surface area contributed by atoms with Crippen molar-refractivity contribution in [1.29, 1.82) is 0 Å². The van der Waals surface area contributed by atoms with Gasteiger partial charge in [0.15, 0.2) is 0 Å². The molecule has 2 aromatic carbocycles. The number of aryl methyl sites for hydroxylation is 1. The maximum atomic E-state index is 12.2. The Bertz CT molecular complexity index is 1010. The average Bonchev–Trinajstić information content (AvgIpc) is 2.66. The molecule has 0 spiro atoms. The zero-order valence-electron chi connectivity index (χ0n) is 16.5. The quantitative estimate of drug-likeness (QED) is 0.498. The van der Waals surface area contributed by atoms with Gasteiger partial charge in [-0.1, -0.05) is 12.1 Å². The lowest BCUT2D eigenvalue weighted by Gasteiger charge is -2.25. The number of carbonyl (C=O) groups is 1. The Morgan fingerprint density at radius 3 is 2.38 bits per heavy atom. The van der Waals surface area contributed by atoms with E-state index in [4.69, 9.17) is 5.14 Å². The van der Waals surface area contributed by atoms with Gasteiger partial charge in [0.25, 0.3) is 5.69 Å². The first kappa shape index (κ1) is 22.5. The molecule has 0 bridgehead atoms. The van der Waals surface area contributed by atoms with Crippen LogP contribution in [-0.4, -0.2) is 37.7 Å². The first-order chi connectivity index (χ1) is 13.5. The predicted octanol–water partition coefficient (Wildman–Crippen LogP) is 2.57. The summed E-state index contributed by atoms with van der Waals surface area (Å²) in [5, 5.41) is 18.7. The number of hydrogen-bond acceptors (Lipinski definition) is 6. The molecule has 0 aliphatic heterocycles. The number of nitro benzene ring substituents is 1. The van der Waals surface area contributed by atoms with E-state index in [0.717, 1.165) is 5.56 Å². The molecule has 29 heavy (non-hydrogen) atoms. The van der Waals surface area contributed by atoms with Crippen LogP contribution in [0.4, 0.5) is 11.4 Å². The van der Waals surface area contributed by atoms with E-state index in [1.54, 1.807) is 19.1 Å². The second-order valence-electron chi connectivity index (χ2n) is 6.83. The zero-order chi connectivity index (χ0) is 21.8. The summed E-state index contributed by atoms with van der Waals surface area (Å²) in [7, 11) is -1.87. The number of benzene rings is 2. The Hall–Kier alpha value is -2.82. The Kier molecular flexibility index (Phi) is 7.07. The van der Waals surface area contributed by atoms with E-state index in [9.17, 15) is 23.3 Å². The highest BCUT2D eigenvalue weighted by atomic mass is 32.2. The van der Waals surface area contributed by atoms with Crippen molar-refractivity contribution in [2.24, 2.45) is 5.14 Å². The van der Waals surface area contributed by atoms with Gasteiger partial charge >= 0.3 is 0 Å². The van der Waals surface area contributed by atoms with Crippen molar-refractivity contribution in [3.05, 3.63) is 63.7 Å². The maximum Gasteiger partial charge on any atom is 0.269 e. The van der Waals surface area contributed by atoms with Gasteiger partial charge in [0, 0.05) is 36.8 Å². The Labute approximate surface area is 169 Å². The molecule has 0 aliphatic rings. The van der Waals surface area contributed by atoms with Crippen molar-refractivity contribution in [2.45, 2.75) is 31.2 Å². The van der Waals surface area contributed by atoms with Gasteiger partial charge in [0.05, 0.1) is 9.82 Å². The Balaban J connectivity index is 1.93. The molecule has 0 aliphatic carbocycles. The SMILES string of the molecule is Cc1cc([N+](=O)[O-])ccc1NC(=O)CCN(C)C(C)c1ccc(S(N)(=O)=O)cc1. The van der Waals surface area contributed by atoms with Crippen molar-refractivity contribution in [3.63, 3.8) is 0 Å². The van der Waals surface area contributed by atoms with Crippen LogP contribution in [0.15, 0.2) is 47.4 Å². The third kappa shape index (κ3) is 6.08. The molecule has 156 valence electrons. The summed E-state index contributed by atoms with van der Waals surface area (Å²) in [5.41, 5.74) is 2.02. The van der Waals surface area contributed by atoms with Crippen LogP contribution in [0.3, 0.4) is 0 Å². The van der Waals surface area contributed by atoms with Gasteiger partial charge in [-0.2, -0.15) is 0 Å². The molecule has 9 nitrogen and oxygen atoms in total. The van der Waals surface area contributed by atoms with Crippen molar-refractivity contribution in [1.82, 2.24) is 4.90 Å². The second kappa shape index (κ2) is 9.12. The zero-order valence-corrected chi connectivity index (χ0v) is 17.3. The highest BCUT2D eigenvalue weighted by Crippen LogP contribution is 2.22. The summed E-state index contributed by atoms with van der Waals surface area (Å²) >= 11 is 0. The van der Waals surface area contributed by atoms with Gasteiger partial charge in [-0.15, -0.1) is 0 Å². The number of carbonyl (C=O) groups excluding carboxylic acids is 1. The molecule has 0 aromatic heterocycles. The highest BCUT2D eigenvalue weighted by Gasteiger charge is 2.15. The Morgan fingerprint density at radius 1 is 1.24 bits per heavy atom. The molecule has 0 saturated carbocycles. The molecule has 0 saturated heterocycles. The van der Waals surface area contributed by atoms with Gasteiger partial charge in [0.2, 0.25) is 15.9 Å². The number of rotatable bonds is 8. The topological polar surface area (TPSA) is 136 Å². The summed E-state index contributed by atoms with van der Waals surface area (Å²) in [6, 6.07) is 10.5. The smallest absolute Gasteiger partial charge is 0.269 e. The number of amides is 1. The normalized spacial score (nSPS) is 12.6. The average molecular weight is 420 g/mol. The fourth-order valence-electron chi connectivity index (χ4n) is 2.78. The minimum Gasteiger partial charge on any atom is -0.326 e. The third-order valence-corrected chi connectivity index (χ3v) is 5.67. The molecule has 0 fully saturated rings. The molecule has 2 aromatic rings. The predicted molar refractivity (Wildman–Crippen MR) is 110 cm³/mol. The van der Waals surface area contributed by atoms with Crippen molar-refractivity contribution in [3.8, 4) is 0 Å². The lowest BCUT2D eigenvalue weighted by Crippen LogP contribution is -2.27. The summed E-state index contributed by atoms with van der Waals surface area (Å²) in [5.74, 6) is -0.203. The number of hydrogen-bond donors (Lipinski definition) is 2.